The molecule has 32 heavy (non-hydrogen) atoms. The highest BCUT2D eigenvalue weighted by molar-refractivity contribution is 7.80. The molecule has 1 heterocycles. The molecule has 0 aromatic heterocycles. The van der Waals surface area contributed by atoms with E-state index in [-0.39, 0.29) is 24.8 Å². The van der Waals surface area contributed by atoms with Crippen LogP contribution in [0.25, 0.3) is 0 Å². The summed E-state index contributed by atoms with van der Waals surface area (Å²) in [7, 11) is 1.73. The molecule has 1 aliphatic rings. The SMILES string of the molecule is CCNC(=S)Nc1ccc(OCCCN2CCN(c3ccccc3OC)CC2)cc1.Cl.Cl. The number of hydrogen-bond donors (Lipinski definition) is 2. The van der Waals surface area contributed by atoms with Crippen molar-refractivity contribution in [3.05, 3.63) is 48.5 Å². The standard InChI is InChI=1S/C23H32N4O2S.2ClH/c1-3-24-23(30)25-19-9-11-20(12-10-19)29-18-6-13-26-14-16-27(17-15-26)21-7-4-5-8-22(21)28-2;;/h4-5,7-12H,3,6,13-18H2,1-2H3,(H2,24,25,30);2*1H. The number of methoxy groups -OCH3 is 1. The molecule has 0 amide bonds. The molecule has 0 saturated carbocycles. The summed E-state index contributed by atoms with van der Waals surface area (Å²) in [6, 6.07) is 16.2. The molecule has 0 radical (unpaired) electrons. The molecule has 1 aliphatic heterocycles. The summed E-state index contributed by atoms with van der Waals surface area (Å²) in [6.45, 7) is 8.75. The molecule has 178 valence electrons. The van der Waals surface area contributed by atoms with Gasteiger partial charge in [0, 0.05) is 45.0 Å². The van der Waals surface area contributed by atoms with Gasteiger partial charge in [-0.3, -0.25) is 4.90 Å². The number of nitrogens with zero attached hydrogens (tertiary/aromatic N) is 2. The first-order valence-corrected chi connectivity index (χ1v) is 11.0. The Morgan fingerprint density at radius 1 is 1.00 bits per heavy atom. The van der Waals surface area contributed by atoms with Crippen molar-refractivity contribution in [3.63, 3.8) is 0 Å². The second-order valence-corrected chi connectivity index (χ2v) is 7.62. The maximum absolute atomic E-state index is 5.90. The zero-order valence-electron chi connectivity index (χ0n) is 18.7. The molecule has 9 heteroatoms. The van der Waals surface area contributed by atoms with Gasteiger partial charge in [-0.2, -0.15) is 0 Å². The van der Waals surface area contributed by atoms with Gasteiger partial charge in [-0.05, 0) is 62.0 Å². The maximum Gasteiger partial charge on any atom is 0.170 e. The molecule has 0 aliphatic carbocycles. The van der Waals surface area contributed by atoms with Gasteiger partial charge in [-0.1, -0.05) is 12.1 Å². The first kappa shape index (κ1) is 28.1. The highest BCUT2D eigenvalue weighted by Gasteiger charge is 2.19. The van der Waals surface area contributed by atoms with E-state index in [1.165, 1.54) is 5.69 Å². The van der Waals surface area contributed by atoms with Crippen LogP contribution >= 0.6 is 37.0 Å². The average molecular weight is 502 g/mol. The number of para-hydroxylation sites is 2. The van der Waals surface area contributed by atoms with Crippen molar-refractivity contribution in [2.24, 2.45) is 0 Å². The molecule has 0 bridgehead atoms. The Kier molecular flexibility index (Phi) is 13.2. The Labute approximate surface area is 209 Å². The fourth-order valence-corrected chi connectivity index (χ4v) is 3.81. The number of ether oxygens (including phenoxy) is 2. The van der Waals surface area contributed by atoms with Crippen LogP contribution in [0.1, 0.15) is 13.3 Å². The maximum atomic E-state index is 5.90. The third-order valence-corrected chi connectivity index (χ3v) is 5.38. The lowest BCUT2D eigenvalue weighted by Crippen LogP contribution is -2.46. The van der Waals surface area contributed by atoms with Crippen LogP contribution in [0, 0.1) is 0 Å². The number of nitrogens with one attached hydrogen (secondary N) is 2. The summed E-state index contributed by atoms with van der Waals surface area (Å²) in [6.07, 6.45) is 1.01. The van der Waals surface area contributed by atoms with Crippen molar-refractivity contribution >= 4 is 53.5 Å². The molecule has 3 rings (SSSR count). The van der Waals surface area contributed by atoms with Gasteiger partial charge < -0.3 is 25.0 Å². The monoisotopic (exact) mass is 500 g/mol. The predicted octanol–water partition coefficient (Wildman–Crippen LogP) is 4.44. The van der Waals surface area contributed by atoms with Crippen molar-refractivity contribution < 1.29 is 9.47 Å². The quantitative estimate of drug-likeness (QED) is 0.389. The van der Waals surface area contributed by atoms with Crippen molar-refractivity contribution in [2.75, 3.05) is 63.2 Å². The van der Waals surface area contributed by atoms with Gasteiger partial charge in [0.25, 0.3) is 0 Å². The van der Waals surface area contributed by atoms with Gasteiger partial charge in [0.15, 0.2) is 5.11 Å². The first-order chi connectivity index (χ1) is 14.7. The van der Waals surface area contributed by atoms with E-state index >= 15 is 0 Å². The smallest absolute Gasteiger partial charge is 0.170 e. The van der Waals surface area contributed by atoms with Crippen LogP contribution < -0.4 is 25.0 Å². The van der Waals surface area contributed by atoms with Crippen LogP contribution in [0.2, 0.25) is 0 Å². The minimum absolute atomic E-state index is 0. The minimum atomic E-state index is 0. The summed E-state index contributed by atoms with van der Waals surface area (Å²) in [5.74, 6) is 1.83. The van der Waals surface area contributed by atoms with Crippen LogP contribution in [-0.2, 0) is 0 Å². The van der Waals surface area contributed by atoms with Gasteiger partial charge in [0.05, 0.1) is 19.4 Å². The molecule has 2 aromatic carbocycles. The van der Waals surface area contributed by atoms with Crippen molar-refractivity contribution in [3.8, 4) is 11.5 Å². The van der Waals surface area contributed by atoms with E-state index in [0.29, 0.717) is 5.11 Å². The molecule has 1 saturated heterocycles. The highest BCUT2D eigenvalue weighted by Crippen LogP contribution is 2.28. The Morgan fingerprint density at radius 3 is 2.34 bits per heavy atom. The van der Waals surface area contributed by atoms with Crippen molar-refractivity contribution in [1.29, 1.82) is 0 Å². The fourth-order valence-electron chi connectivity index (χ4n) is 3.55. The highest BCUT2D eigenvalue weighted by atomic mass is 35.5. The Bertz CT molecular complexity index is 803. The Balaban J connectivity index is 0.00000256. The zero-order valence-corrected chi connectivity index (χ0v) is 21.2. The molecule has 1 fully saturated rings. The number of anilines is 2. The van der Waals surface area contributed by atoms with E-state index in [2.05, 4.69) is 32.6 Å². The topological polar surface area (TPSA) is 49.0 Å². The Hall–Kier alpha value is -1.93. The molecule has 0 atom stereocenters. The third-order valence-electron chi connectivity index (χ3n) is 5.14. The molecular weight excluding hydrogens is 467 g/mol. The summed E-state index contributed by atoms with van der Waals surface area (Å²) in [4.78, 5) is 4.91. The van der Waals surface area contributed by atoms with Gasteiger partial charge in [0.1, 0.15) is 11.5 Å². The molecule has 0 spiro atoms. The minimum Gasteiger partial charge on any atom is -0.495 e. The van der Waals surface area contributed by atoms with Crippen LogP contribution in [0.15, 0.2) is 48.5 Å². The number of halogens is 2. The normalized spacial score (nSPS) is 13.4. The van der Waals surface area contributed by atoms with E-state index in [1.807, 2.05) is 43.3 Å². The van der Waals surface area contributed by atoms with E-state index in [1.54, 1.807) is 7.11 Å². The van der Waals surface area contributed by atoms with Gasteiger partial charge in [0.2, 0.25) is 0 Å². The first-order valence-electron chi connectivity index (χ1n) is 10.6. The lowest BCUT2D eigenvalue weighted by Gasteiger charge is -2.36. The zero-order chi connectivity index (χ0) is 21.2. The molecule has 6 nitrogen and oxygen atoms in total. The van der Waals surface area contributed by atoms with E-state index in [4.69, 9.17) is 21.7 Å². The molecule has 2 N–H and O–H groups in total. The molecular formula is C23H34Cl2N4O2S. The van der Waals surface area contributed by atoms with Crippen LogP contribution in [0.4, 0.5) is 11.4 Å². The van der Waals surface area contributed by atoms with Crippen molar-refractivity contribution in [2.45, 2.75) is 13.3 Å². The number of piperazine rings is 1. The average Bonchev–Trinajstić information content (AvgIpc) is 2.78. The summed E-state index contributed by atoms with van der Waals surface area (Å²) in [5, 5.41) is 6.86. The molecule has 2 aromatic rings. The van der Waals surface area contributed by atoms with Crippen molar-refractivity contribution in [1.82, 2.24) is 10.2 Å². The second-order valence-electron chi connectivity index (χ2n) is 7.21. The fraction of sp³-hybridized carbons (Fsp3) is 0.435. The van der Waals surface area contributed by atoms with Crippen LogP contribution in [-0.4, -0.2) is 63.0 Å². The van der Waals surface area contributed by atoms with Crippen LogP contribution in [0.5, 0.6) is 11.5 Å². The lowest BCUT2D eigenvalue weighted by atomic mass is 10.2. The van der Waals surface area contributed by atoms with Gasteiger partial charge >= 0.3 is 0 Å². The summed E-state index contributed by atoms with van der Waals surface area (Å²) in [5.41, 5.74) is 2.15. The van der Waals surface area contributed by atoms with Gasteiger partial charge in [-0.25, -0.2) is 0 Å². The lowest BCUT2D eigenvalue weighted by molar-refractivity contribution is 0.224. The summed E-state index contributed by atoms with van der Waals surface area (Å²) < 4.78 is 11.4. The van der Waals surface area contributed by atoms with E-state index < -0.39 is 0 Å². The largest absolute Gasteiger partial charge is 0.495 e. The second kappa shape index (κ2) is 15.0. The molecule has 0 unspecified atom stereocenters. The Morgan fingerprint density at radius 2 is 1.69 bits per heavy atom. The van der Waals surface area contributed by atoms with E-state index in [0.717, 1.165) is 69.5 Å². The number of thiocarbonyl (C=S) groups is 1. The number of hydrogen-bond acceptors (Lipinski definition) is 5. The summed E-state index contributed by atoms with van der Waals surface area (Å²) >= 11 is 5.20. The third kappa shape index (κ3) is 8.54. The van der Waals surface area contributed by atoms with E-state index in [9.17, 15) is 0 Å². The number of benzene rings is 2. The van der Waals surface area contributed by atoms with Crippen LogP contribution in [0.3, 0.4) is 0 Å². The predicted molar refractivity (Wildman–Crippen MR) is 143 cm³/mol. The van der Waals surface area contributed by atoms with Gasteiger partial charge in [-0.15, -0.1) is 24.8 Å². The number of rotatable bonds is 9.